The highest BCUT2D eigenvalue weighted by Crippen LogP contribution is 2.17. The van der Waals surface area contributed by atoms with Crippen LogP contribution in [0.5, 0.6) is 0 Å². The number of hydrogen-bond donors (Lipinski definition) is 1. The van der Waals surface area contributed by atoms with E-state index >= 15 is 0 Å². The average molecular weight is 293 g/mol. The largest absolute Gasteiger partial charge is 0.368 e. The molecule has 1 fully saturated rings. The maximum absolute atomic E-state index is 12.9. The molecule has 0 unspecified atom stereocenters. The van der Waals surface area contributed by atoms with Crippen molar-refractivity contribution in [1.82, 2.24) is 10.2 Å². The molecule has 5 heteroatoms. The third-order valence-electron chi connectivity index (χ3n) is 3.77. The third-order valence-corrected chi connectivity index (χ3v) is 3.77. The Morgan fingerprint density at radius 1 is 1.14 bits per heavy atom. The molecule has 1 aromatic carbocycles. The van der Waals surface area contributed by atoms with E-state index in [0.29, 0.717) is 6.42 Å². The summed E-state index contributed by atoms with van der Waals surface area (Å²) in [5.74, 6) is 0.00417. The number of nitrogens with one attached hydrogen (secondary N) is 1. The topological polar surface area (TPSA) is 35.6 Å². The smallest absolute Gasteiger partial charge is 0.223 e. The number of benzene rings is 1. The number of halogens is 1. The van der Waals surface area contributed by atoms with Crippen LogP contribution >= 0.6 is 0 Å². The summed E-state index contributed by atoms with van der Waals surface area (Å²) in [6, 6.07) is 6.54. The normalized spacial score (nSPS) is 15.3. The molecule has 0 aromatic heterocycles. The lowest BCUT2D eigenvalue weighted by atomic mass is 10.2. The van der Waals surface area contributed by atoms with Gasteiger partial charge in [0.1, 0.15) is 5.82 Å². The Balaban J connectivity index is 1.75. The van der Waals surface area contributed by atoms with Crippen LogP contribution in [0, 0.1) is 5.82 Å². The zero-order chi connectivity index (χ0) is 15.1. The molecule has 0 spiro atoms. The van der Waals surface area contributed by atoms with Crippen molar-refractivity contribution in [3.63, 3.8) is 0 Å². The molecule has 4 nitrogen and oxygen atoms in total. The molecule has 1 amide bonds. The van der Waals surface area contributed by atoms with Gasteiger partial charge in [-0.05, 0) is 37.2 Å². The summed E-state index contributed by atoms with van der Waals surface area (Å²) < 4.78 is 12.9. The molecule has 1 saturated heterocycles. The fourth-order valence-corrected chi connectivity index (χ4v) is 2.52. The van der Waals surface area contributed by atoms with Crippen molar-refractivity contribution < 1.29 is 9.18 Å². The van der Waals surface area contributed by atoms with Crippen LogP contribution in [-0.2, 0) is 4.79 Å². The maximum atomic E-state index is 12.9. The van der Waals surface area contributed by atoms with Gasteiger partial charge in [-0.2, -0.15) is 0 Å². The highest BCUT2D eigenvalue weighted by molar-refractivity contribution is 5.76. The van der Waals surface area contributed by atoms with Crippen LogP contribution in [0.3, 0.4) is 0 Å². The second-order valence-electron chi connectivity index (χ2n) is 5.34. The summed E-state index contributed by atoms with van der Waals surface area (Å²) >= 11 is 0. The Kier molecular flexibility index (Phi) is 5.99. The van der Waals surface area contributed by atoms with E-state index in [1.54, 1.807) is 12.1 Å². The van der Waals surface area contributed by atoms with Crippen molar-refractivity contribution in [3.8, 4) is 0 Å². The zero-order valence-corrected chi connectivity index (χ0v) is 12.6. The molecule has 1 aliphatic rings. The molecule has 2 rings (SSSR count). The second-order valence-corrected chi connectivity index (χ2v) is 5.34. The SMILES string of the molecule is CCCNCCC(=O)N1CCN(c2ccc(F)cc2)CC1. The Hall–Kier alpha value is -1.62. The molecular formula is C16H24FN3O. The van der Waals surface area contributed by atoms with E-state index in [2.05, 4.69) is 17.1 Å². The Morgan fingerprint density at radius 3 is 2.43 bits per heavy atom. The maximum Gasteiger partial charge on any atom is 0.223 e. The molecule has 21 heavy (non-hydrogen) atoms. The lowest BCUT2D eigenvalue weighted by Crippen LogP contribution is -2.49. The fraction of sp³-hybridized carbons (Fsp3) is 0.562. The number of nitrogens with zero attached hydrogens (tertiary/aromatic N) is 2. The van der Waals surface area contributed by atoms with Gasteiger partial charge >= 0.3 is 0 Å². The molecule has 1 heterocycles. The van der Waals surface area contributed by atoms with Crippen LogP contribution in [0.1, 0.15) is 19.8 Å². The van der Waals surface area contributed by atoms with Gasteiger partial charge in [-0.1, -0.05) is 6.92 Å². The summed E-state index contributed by atoms with van der Waals surface area (Å²) in [5.41, 5.74) is 1.02. The molecule has 0 saturated carbocycles. The Labute approximate surface area is 125 Å². The molecule has 0 aliphatic carbocycles. The number of carbonyl (C=O) groups excluding carboxylic acids is 1. The van der Waals surface area contributed by atoms with Gasteiger partial charge in [-0.25, -0.2) is 4.39 Å². The van der Waals surface area contributed by atoms with Gasteiger partial charge in [0.2, 0.25) is 5.91 Å². The minimum absolute atomic E-state index is 0.216. The standard InChI is InChI=1S/C16H24FN3O/c1-2-8-18-9-7-16(21)20-12-10-19(11-13-20)15-5-3-14(17)4-6-15/h3-6,18H,2,7-13H2,1H3. The molecule has 116 valence electrons. The summed E-state index contributed by atoms with van der Waals surface area (Å²) in [7, 11) is 0. The number of anilines is 1. The minimum Gasteiger partial charge on any atom is -0.368 e. The number of amides is 1. The molecule has 1 aliphatic heterocycles. The summed E-state index contributed by atoms with van der Waals surface area (Å²) in [6.45, 7) is 6.92. The molecule has 1 N–H and O–H groups in total. The van der Waals surface area contributed by atoms with Gasteiger partial charge in [0.25, 0.3) is 0 Å². The van der Waals surface area contributed by atoms with Crippen LogP contribution < -0.4 is 10.2 Å². The Morgan fingerprint density at radius 2 is 1.81 bits per heavy atom. The van der Waals surface area contributed by atoms with Crippen LogP contribution in [-0.4, -0.2) is 50.1 Å². The predicted octanol–water partition coefficient (Wildman–Crippen LogP) is 1.86. The van der Waals surface area contributed by atoms with Crippen molar-refractivity contribution >= 4 is 11.6 Å². The predicted molar refractivity (Wildman–Crippen MR) is 83.0 cm³/mol. The van der Waals surface area contributed by atoms with Gasteiger partial charge < -0.3 is 15.1 Å². The van der Waals surface area contributed by atoms with Crippen molar-refractivity contribution in [3.05, 3.63) is 30.1 Å². The first-order valence-corrected chi connectivity index (χ1v) is 7.69. The molecule has 1 aromatic rings. The monoisotopic (exact) mass is 293 g/mol. The lowest BCUT2D eigenvalue weighted by molar-refractivity contribution is -0.131. The van der Waals surface area contributed by atoms with Crippen molar-refractivity contribution in [2.24, 2.45) is 0 Å². The molecule has 0 radical (unpaired) electrons. The van der Waals surface area contributed by atoms with E-state index in [-0.39, 0.29) is 11.7 Å². The number of hydrogen-bond acceptors (Lipinski definition) is 3. The van der Waals surface area contributed by atoms with Crippen molar-refractivity contribution in [2.75, 3.05) is 44.2 Å². The minimum atomic E-state index is -0.216. The third kappa shape index (κ3) is 4.70. The van der Waals surface area contributed by atoms with Crippen LogP contribution in [0.25, 0.3) is 0 Å². The summed E-state index contributed by atoms with van der Waals surface area (Å²) in [4.78, 5) is 16.2. The fourth-order valence-electron chi connectivity index (χ4n) is 2.52. The first-order valence-electron chi connectivity index (χ1n) is 7.69. The average Bonchev–Trinajstić information content (AvgIpc) is 2.52. The van der Waals surface area contributed by atoms with Crippen LogP contribution in [0.2, 0.25) is 0 Å². The highest BCUT2D eigenvalue weighted by Gasteiger charge is 2.20. The van der Waals surface area contributed by atoms with E-state index < -0.39 is 0 Å². The van der Waals surface area contributed by atoms with Gasteiger partial charge in [0.05, 0.1) is 0 Å². The van der Waals surface area contributed by atoms with Crippen LogP contribution in [0.15, 0.2) is 24.3 Å². The van der Waals surface area contributed by atoms with E-state index in [4.69, 9.17) is 0 Å². The van der Waals surface area contributed by atoms with Gasteiger partial charge in [0, 0.05) is 44.8 Å². The zero-order valence-electron chi connectivity index (χ0n) is 12.6. The summed E-state index contributed by atoms with van der Waals surface area (Å²) in [5, 5.41) is 3.25. The lowest BCUT2D eigenvalue weighted by Gasteiger charge is -2.36. The van der Waals surface area contributed by atoms with Gasteiger partial charge in [-0.3, -0.25) is 4.79 Å². The molecule has 0 atom stereocenters. The van der Waals surface area contributed by atoms with E-state index in [9.17, 15) is 9.18 Å². The van der Waals surface area contributed by atoms with E-state index in [1.165, 1.54) is 12.1 Å². The molecule has 0 bridgehead atoms. The van der Waals surface area contributed by atoms with E-state index in [0.717, 1.165) is 51.4 Å². The highest BCUT2D eigenvalue weighted by atomic mass is 19.1. The van der Waals surface area contributed by atoms with Gasteiger partial charge in [-0.15, -0.1) is 0 Å². The molecular weight excluding hydrogens is 269 g/mol. The Bertz CT molecular complexity index is 441. The van der Waals surface area contributed by atoms with Gasteiger partial charge in [0.15, 0.2) is 0 Å². The number of rotatable bonds is 6. The second kappa shape index (κ2) is 7.98. The number of piperazine rings is 1. The quantitative estimate of drug-likeness (QED) is 0.813. The first kappa shape index (κ1) is 15.8. The van der Waals surface area contributed by atoms with E-state index in [1.807, 2.05) is 4.90 Å². The van der Waals surface area contributed by atoms with Crippen molar-refractivity contribution in [1.29, 1.82) is 0 Å². The summed E-state index contributed by atoms with van der Waals surface area (Å²) in [6.07, 6.45) is 1.65. The first-order chi connectivity index (χ1) is 10.2. The van der Waals surface area contributed by atoms with Crippen LogP contribution in [0.4, 0.5) is 10.1 Å². The number of carbonyl (C=O) groups is 1. The van der Waals surface area contributed by atoms with Crippen molar-refractivity contribution in [2.45, 2.75) is 19.8 Å².